The number of carbonyl (C=O) groups is 1. The molecule has 0 radical (unpaired) electrons. The second-order valence-electron chi connectivity index (χ2n) is 6.35. The Labute approximate surface area is 147 Å². The molecule has 0 saturated carbocycles. The lowest BCUT2D eigenvalue weighted by Crippen LogP contribution is -2.35. The molecular weight excluding hydrogens is 310 g/mol. The lowest BCUT2D eigenvalue weighted by molar-refractivity contribution is 0.0769. The summed E-state index contributed by atoms with van der Waals surface area (Å²) in [5.41, 5.74) is 2.72. The average Bonchev–Trinajstić information content (AvgIpc) is 2.94. The molecule has 0 spiro atoms. The number of carbonyl (C=O) groups excluding carboxylic acids is 1. The molecule has 4 rings (SSSR count). The third kappa shape index (κ3) is 3.20. The minimum atomic E-state index is 0.0826. The normalized spacial score (nSPS) is 15.2. The van der Waals surface area contributed by atoms with Crippen LogP contribution in [0.25, 0.3) is 10.9 Å². The predicted molar refractivity (Wildman–Crippen MR) is 101 cm³/mol. The van der Waals surface area contributed by atoms with Crippen molar-refractivity contribution in [2.75, 3.05) is 31.1 Å². The maximum atomic E-state index is 13.1. The van der Waals surface area contributed by atoms with E-state index in [0.29, 0.717) is 5.56 Å². The number of fused-ring (bicyclic) bond motifs is 1. The van der Waals surface area contributed by atoms with Gasteiger partial charge in [-0.1, -0.05) is 36.4 Å². The summed E-state index contributed by atoms with van der Waals surface area (Å²) >= 11 is 0. The summed E-state index contributed by atoms with van der Waals surface area (Å²) in [6.07, 6.45) is 2.72. The number of para-hydroxylation sites is 2. The third-order valence-electron chi connectivity index (χ3n) is 4.77. The van der Waals surface area contributed by atoms with Gasteiger partial charge in [0.05, 0.1) is 11.1 Å². The highest BCUT2D eigenvalue weighted by Gasteiger charge is 2.22. The number of benzene rings is 2. The van der Waals surface area contributed by atoms with Gasteiger partial charge in [-0.25, -0.2) is 0 Å². The van der Waals surface area contributed by atoms with Crippen molar-refractivity contribution in [3.05, 3.63) is 72.4 Å². The SMILES string of the molecule is O=C(c1cccc2cccnc12)N1CCCN(c2ccccc2)CC1. The van der Waals surface area contributed by atoms with Gasteiger partial charge >= 0.3 is 0 Å². The molecule has 126 valence electrons. The second-order valence-corrected chi connectivity index (χ2v) is 6.35. The van der Waals surface area contributed by atoms with Gasteiger partial charge in [0.15, 0.2) is 0 Å². The Morgan fingerprint density at radius 1 is 0.840 bits per heavy atom. The largest absolute Gasteiger partial charge is 0.370 e. The number of hydrogen-bond acceptors (Lipinski definition) is 3. The van der Waals surface area contributed by atoms with Crippen LogP contribution >= 0.6 is 0 Å². The van der Waals surface area contributed by atoms with Crippen molar-refractivity contribution in [2.45, 2.75) is 6.42 Å². The number of amides is 1. The fourth-order valence-corrected chi connectivity index (χ4v) is 3.46. The topological polar surface area (TPSA) is 36.4 Å². The number of rotatable bonds is 2. The van der Waals surface area contributed by atoms with Crippen molar-refractivity contribution in [3.8, 4) is 0 Å². The maximum Gasteiger partial charge on any atom is 0.256 e. The fraction of sp³-hybridized carbons (Fsp3) is 0.238. The van der Waals surface area contributed by atoms with Crippen molar-refractivity contribution in [1.82, 2.24) is 9.88 Å². The summed E-state index contributed by atoms with van der Waals surface area (Å²) in [6.45, 7) is 3.35. The van der Waals surface area contributed by atoms with E-state index in [1.807, 2.05) is 41.3 Å². The van der Waals surface area contributed by atoms with Crippen molar-refractivity contribution in [2.24, 2.45) is 0 Å². The number of anilines is 1. The molecule has 2 heterocycles. The van der Waals surface area contributed by atoms with Crippen LogP contribution in [0.3, 0.4) is 0 Å². The van der Waals surface area contributed by atoms with Crippen LogP contribution in [0.2, 0.25) is 0 Å². The number of pyridine rings is 1. The number of aromatic nitrogens is 1. The lowest BCUT2D eigenvalue weighted by Gasteiger charge is -2.24. The molecule has 4 heteroatoms. The Kier molecular flexibility index (Phi) is 4.34. The molecule has 0 unspecified atom stereocenters. The maximum absolute atomic E-state index is 13.1. The molecule has 0 N–H and O–H groups in total. The summed E-state index contributed by atoms with van der Waals surface area (Å²) in [7, 11) is 0. The minimum absolute atomic E-state index is 0.0826. The molecule has 1 saturated heterocycles. The van der Waals surface area contributed by atoms with Crippen LogP contribution in [0.1, 0.15) is 16.8 Å². The highest BCUT2D eigenvalue weighted by atomic mass is 16.2. The molecular formula is C21H21N3O. The van der Waals surface area contributed by atoms with Crippen molar-refractivity contribution in [1.29, 1.82) is 0 Å². The van der Waals surface area contributed by atoms with E-state index in [1.54, 1.807) is 6.20 Å². The first-order chi connectivity index (χ1) is 12.3. The quantitative estimate of drug-likeness (QED) is 0.720. The van der Waals surface area contributed by atoms with Crippen LogP contribution in [0, 0.1) is 0 Å². The Bertz CT molecular complexity index is 873. The van der Waals surface area contributed by atoms with Gasteiger partial charge in [0, 0.05) is 43.4 Å². The molecule has 1 fully saturated rings. The minimum Gasteiger partial charge on any atom is -0.370 e. The molecule has 1 amide bonds. The summed E-state index contributed by atoms with van der Waals surface area (Å²) in [4.78, 5) is 21.8. The average molecular weight is 331 g/mol. The van der Waals surface area contributed by atoms with Crippen molar-refractivity contribution >= 4 is 22.5 Å². The first-order valence-corrected chi connectivity index (χ1v) is 8.76. The van der Waals surface area contributed by atoms with Gasteiger partial charge < -0.3 is 9.80 Å². The van der Waals surface area contributed by atoms with Gasteiger partial charge in [0.25, 0.3) is 5.91 Å². The Hall–Kier alpha value is -2.88. The molecule has 2 aromatic carbocycles. The number of nitrogens with zero attached hydrogens (tertiary/aromatic N) is 3. The second kappa shape index (κ2) is 6.93. The highest BCUT2D eigenvalue weighted by molar-refractivity contribution is 6.05. The van der Waals surface area contributed by atoms with E-state index < -0.39 is 0 Å². The monoisotopic (exact) mass is 331 g/mol. The molecule has 25 heavy (non-hydrogen) atoms. The van der Waals surface area contributed by atoms with E-state index >= 15 is 0 Å². The highest BCUT2D eigenvalue weighted by Crippen LogP contribution is 2.20. The Morgan fingerprint density at radius 2 is 1.68 bits per heavy atom. The van der Waals surface area contributed by atoms with Gasteiger partial charge in [-0.05, 0) is 30.7 Å². The molecule has 4 nitrogen and oxygen atoms in total. The summed E-state index contributed by atoms with van der Waals surface area (Å²) < 4.78 is 0. The van der Waals surface area contributed by atoms with Gasteiger partial charge in [0.1, 0.15) is 0 Å². The Morgan fingerprint density at radius 3 is 2.56 bits per heavy atom. The summed E-state index contributed by atoms with van der Waals surface area (Å²) in [5.74, 6) is 0.0826. The van der Waals surface area contributed by atoms with E-state index in [0.717, 1.165) is 43.5 Å². The molecule has 1 aliphatic heterocycles. The smallest absolute Gasteiger partial charge is 0.256 e. The predicted octanol–water partition coefficient (Wildman–Crippen LogP) is 3.59. The standard InChI is InChI=1S/C21H21N3O/c25-21(19-11-4-7-17-8-5-12-22-20(17)19)24-14-6-13-23(15-16-24)18-9-2-1-3-10-18/h1-5,7-12H,6,13-16H2. The van der Waals surface area contributed by atoms with E-state index in [-0.39, 0.29) is 5.91 Å². The fourth-order valence-electron chi connectivity index (χ4n) is 3.46. The molecule has 3 aromatic rings. The first kappa shape index (κ1) is 15.6. The van der Waals surface area contributed by atoms with Crippen LogP contribution in [-0.4, -0.2) is 42.0 Å². The molecule has 0 bridgehead atoms. The Balaban J connectivity index is 1.55. The lowest BCUT2D eigenvalue weighted by atomic mass is 10.1. The zero-order valence-electron chi connectivity index (χ0n) is 14.1. The van der Waals surface area contributed by atoms with Crippen LogP contribution in [0.15, 0.2) is 66.9 Å². The molecule has 0 atom stereocenters. The van der Waals surface area contributed by atoms with E-state index in [4.69, 9.17) is 0 Å². The van der Waals surface area contributed by atoms with Gasteiger partial charge in [-0.3, -0.25) is 9.78 Å². The van der Waals surface area contributed by atoms with Gasteiger partial charge in [0.2, 0.25) is 0 Å². The molecule has 1 aromatic heterocycles. The zero-order valence-corrected chi connectivity index (χ0v) is 14.1. The summed E-state index contributed by atoms with van der Waals surface area (Å²) in [5, 5.41) is 1.01. The van der Waals surface area contributed by atoms with Crippen LogP contribution in [0.5, 0.6) is 0 Å². The van der Waals surface area contributed by atoms with Crippen LogP contribution < -0.4 is 4.90 Å². The molecule has 1 aliphatic rings. The van der Waals surface area contributed by atoms with Crippen molar-refractivity contribution < 1.29 is 4.79 Å². The molecule has 0 aliphatic carbocycles. The van der Waals surface area contributed by atoms with Gasteiger partial charge in [-0.2, -0.15) is 0 Å². The van der Waals surface area contributed by atoms with Crippen molar-refractivity contribution in [3.63, 3.8) is 0 Å². The first-order valence-electron chi connectivity index (χ1n) is 8.76. The van der Waals surface area contributed by atoms with Gasteiger partial charge in [-0.15, -0.1) is 0 Å². The van der Waals surface area contributed by atoms with E-state index in [9.17, 15) is 4.79 Å². The third-order valence-corrected chi connectivity index (χ3v) is 4.77. The van der Waals surface area contributed by atoms with E-state index in [2.05, 4.69) is 34.1 Å². The summed E-state index contributed by atoms with van der Waals surface area (Å²) in [6, 6.07) is 20.1. The number of hydrogen-bond donors (Lipinski definition) is 0. The van der Waals surface area contributed by atoms with E-state index in [1.165, 1.54) is 5.69 Å². The van der Waals surface area contributed by atoms with Crippen LogP contribution in [0.4, 0.5) is 5.69 Å². The van der Waals surface area contributed by atoms with Crippen LogP contribution in [-0.2, 0) is 0 Å². The zero-order chi connectivity index (χ0) is 17.1.